The minimum absolute atomic E-state index is 0.346. The van der Waals surface area contributed by atoms with Crippen molar-refractivity contribution in [3.05, 3.63) is 88.7 Å². The maximum atomic E-state index is 8.01. The van der Waals surface area contributed by atoms with E-state index in [1.54, 1.807) is 6.20 Å². The Kier molecular flexibility index (Phi) is 3.13. The van der Waals surface area contributed by atoms with Gasteiger partial charge in [0.15, 0.2) is 0 Å². The fourth-order valence-corrected chi connectivity index (χ4v) is 4.07. The topological polar surface area (TPSA) is 99.8 Å². The standard InChI is InChI=1S/C21H13N7O/c1-22-20-17(12-6-4-8-16-18(12)28-29-27-16)14-10-24-26-21(14)25-19(20)13-9-23-15-7-3-2-5-11(13)15/h2-10,17,23H,(H2,24,25,26). The van der Waals surface area contributed by atoms with Crippen molar-refractivity contribution < 1.29 is 4.63 Å². The lowest BCUT2D eigenvalue weighted by Crippen LogP contribution is -2.16. The van der Waals surface area contributed by atoms with Gasteiger partial charge in [0, 0.05) is 28.2 Å². The van der Waals surface area contributed by atoms with Gasteiger partial charge in [-0.15, -0.1) is 0 Å². The van der Waals surface area contributed by atoms with Crippen LogP contribution in [0.3, 0.4) is 0 Å². The van der Waals surface area contributed by atoms with Gasteiger partial charge in [-0.05, 0) is 28.0 Å². The van der Waals surface area contributed by atoms with Gasteiger partial charge in [0.1, 0.15) is 16.9 Å². The monoisotopic (exact) mass is 379 g/mol. The number of fused-ring (bicyclic) bond motifs is 3. The number of H-pyrrole nitrogens is 2. The molecule has 2 aromatic carbocycles. The van der Waals surface area contributed by atoms with E-state index in [2.05, 4.69) is 35.7 Å². The summed E-state index contributed by atoms with van der Waals surface area (Å²) in [5.41, 5.74) is 6.30. The van der Waals surface area contributed by atoms with E-state index in [1.807, 2.05) is 48.7 Å². The molecule has 0 saturated carbocycles. The highest BCUT2D eigenvalue weighted by atomic mass is 16.6. The molecule has 8 heteroatoms. The van der Waals surface area contributed by atoms with Gasteiger partial charge in [-0.25, -0.2) is 9.47 Å². The lowest BCUT2D eigenvalue weighted by Gasteiger charge is -2.26. The average molecular weight is 379 g/mol. The van der Waals surface area contributed by atoms with Crippen LogP contribution in [0.5, 0.6) is 0 Å². The number of allylic oxidation sites excluding steroid dienone is 1. The van der Waals surface area contributed by atoms with Crippen molar-refractivity contribution in [3.63, 3.8) is 0 Å². The lowest BCUT2D eigenvalue weighted by molar-refractivity contribution is 0.315. The molecule has 29 heavy (non-hydrogen) atoms. The van der Waals surface area contributed by atoms with E-state index in [1.165, 1.54) is 0 Å². The van der Waals surface area contributed by atoms with Crippen LogP contribution in [-0.2, 0) is 0 Å². The highest BCUT2D eigenvalue weighted by Gasteiger charge is 2.34. The van der Waals surface area contributed by atoms with Crippen LogP contribution in [0.25, 0.3) is 32.5 Å². The zero-order valence-electron chi connectivity index (χ0n) is 15.0. The molecule has 0 fully saturated rings. The van der Waals surface area contributed by atoms with Crippen molar-refractivity contribution in [2.75, 3.05) is 5.32 Å². The Balaban J connectivity index is 1.66. The van der Waals surface area contributed by atoms with E-state index in [-0.39, 0.29) is 5.92 Å². The highest BCUT2D eigenvalue weighted by molar-refractivity contribution is 5.98. The smallest absolute Gasteiger partial charge is 0.200 e. The Bertz CT molecular complexity index is 1460. The molecule has 1 unspecified atom stereocenters. The lowest BCUT2D eigenvalue weighted by atomic mass is 9.85. The molecule has 0 spiro atoms. The van der Waals surface area contributed by atoms with Crippen LogP contribution < -0.4 is 5.32 Å². The normalized spacial score (nSPS) is 16.0. The number of nitrogens with zero attached hydrogens (tertiary/aromatic N) is 4. The van der Waals surface area contributed by atoms with Crippen LogP contribution in [0.15, 0.2) is 65.2 Å². The van der Waals surface area contributed by atoms with E-state index in [9.17, 15) is 0 Å². The first-order chi connectivity index (χ1) is 14.3. The molecule has 1 aliphatic rings. The summed E-state index contributed by atoms with van der Waals surface area (Å²) < 4.78 is 4.95. The molecule has 0 saturated heterocycles. The van der Waals surface area contributed by atoms with Gasteiger partial charge >= 0.3 is 0 Å². The van der Waals surface area contributed by atoms with E-state index in [0.717, 1.165) is 39.1 Å². The molecule has 3 aromatic heterocycles. The summed E-state index contributed by atoms with van der Waals surface area (Å²) >= 11 is 0. The molecule has 0 aliphatic carbocycles. The zero-order valence-corrected chi connectivity index (χ0v) is 15.0. The molecule has 4 heterocycles. The number of anilines is 1. The molecular formula is C21H13N7O. The minimum atomic E-state index is -0.346. The molecular weight excluding hydrogens is 366 g/mol. The first-order valence-electron chi connectivity index (χ1n) is 9.04. The van der Waals surface area contributed by atoms with Gasteiger partial charge in [-0.2, -0.15) is 5.10 Å². The van der Waals surface area contributed by atoms with Gasteiger partial charge in [0.25, 0.3) is 0 Å². The van der Waals surface area contributed by atoms with Gasteiger partial charge in [0.2, 0.25) is 5.70 Å². The Morgan fingerprint density at radius 2 is 1.97 bits per heavy atom. The van der Waals surface area contributed by atoms with Crippen LogP contribution >= 0.6 is 0 Å². The van der Waals surface area contributed by atoms with Crippen molar-refractivity contribution in [1.29, 1.82) is 0 Å². The Morgan fingerprint density at radius 1 is 1.03 bits per heavy atom. The highest BCUT2D eigenvalue weighted by Crippen LogP contribution is 2.46. The second kappa shape index (κ2) is 5.81. The van der Waals surface area contributed by atoms with Crippen molar-refractivity contribution in [2.24, 2.45) is 0 Å². The van der Waals surface area contributed by atoms with Crippen LogP contribution in [0.2, 0.25) is 0 Å². The first-order valence-corrected chi connectivity index (χ1v) is 9.04. The third kappa shape index (κ3) is 2.15. The number of aromatic nitrogens is 5. The maximum absolute atomic E-state index is 8.01. The average Bonchev–Trinajstić information content (AvgIpc) is 3.50. The third-order valence-electron chi connectivity index (χ3n) is 5.37. The number of hydrogen-bond donors (Lipinski definition) is 3. The summed E-state index contributed by atoms with van der Waals surface area (Å²) in [5.74, 6) is 0.415. The van der Waals surface area contributed by atoms with Gasteiger partial charge < -0.3 is 10.3 Å². The van der Waals surface area contributed by atoms with E-state index < -0.39 is 0 Å². The van der Waals surface area contributed by atoms with Gasteiger partial charge in [0.05, 0.1) is 24.4 Å². The molecule has 0 bridgehead atoms. The fraction of sp³-hybridized carbons (Fsp3) is 0.0476. The molecule has 6 rings (SSSR count). The van der Waals surface area contributed by atoms with Crippen LogP contribution in [-0.4, -0.2) is 25.5 Å². The number of nitrogens with one attached hydrogen (secondary N) is 3. The van der Waals surface area contributed by atoms with Crippen LogP contribution in [0.4, 0.5) is 5.82 Å². The summed E-state index contributed by atoms with van der Waals surface area (Å²) in [6, 6.07) is 13.7. The third-order valence-corrected chi connectivity index (χ3v) is 5.37. The second-order valence-corrected chi connectivity index (χ2v) is 6.86. The van der Waals surface area contributed by atoms with Gasteiger partial charge in [-0.1, -0.05) is 30.3 Å². The summed E-state index contributed by atoms with van der Waals surface area (Å²) in [4.78, 5) is 7.24. The second-order valence-electron chi connectivity index (χ2n) is 6.86. The molecule has 5 aromatic rings. The van der Waals surface area contributed by atoms with E-state index >= 15 is 0 Å². The largest absolute Gasteiger partial charge is 0.361 e. The van der Waals surface area contributed by atoms with Crippen LogP contribution in [0, 0.1) is 6.57 Å². The molecule has 3 N–H and O–H groups in total. The predicted molar refractivity (Wildman–Crippen MR) is 108 cm³/mol. The van der Waals surface area contributed by atoms with Crippen molar-refractivity contribution in [2.45, 2.75) is 5.92 Å². The number of para-hydroxylation sites is 1. The van der Waals surface area contributed by atoms with Crippen molar-refractivity contribution in [3.8, 4) is 0 Å². The molecule has 138 valence electrons. The van der Waals surface area contributed by atoms with Crippen molar-refractivity contribution in [1.82, 2.24) is 25.5 Å². The molecule has 0 amide bonds. The fourth-order valence-electron chi connectivity index (χ4n) is 4.07. The number of rotatable bonds is 2. The molecule has 8 nitrogen and oxygen atoms in total. The van der Waals surface area contributed by atoms with Gasteiger partial charge in [-0.3, -0.25) is 5.10 Å². The zero-order chi connectivity index (χ0) is 19.4. The number of benzene rings is 2. The summed E-state index contributed by atoms with van der Waals surface area (Å²) in [5, 5.41) is 19.7. The number of aromatic amines is 2. The van der Waals surface area contributed by atoms with E-state index in [4.69, 9.17) is 11.2 Å². The Morgan fingerprint density at radius 3 is 2.90 bits per heavy atom. The Labute approximate surface area is 164 Å². The minimum Gasteiger partial charge on any atom is -0.361 e. The van der Waals surface area contributed by atoms with Crippen LogP contribution in [0.1, 0.15) is 22.6 Å². The van der Waals surface area contributed by atoms with Crippen molar-refractivity contribution >= 4 is 33.5 Å². The Hall–Kier alpha value is -4.38. The predicted octanol–water partition coefficient (Wildman–Crippen LogP) is 4.27. The number of hydrogen-bond acceptors (Lipinski definition) is 5. The molecule has 1 aliphatic heterocycles. The van der Waals surface area contributed by atoms with E-state index in [0.29, 0.717) is 16.7 Å². The quantitative estimate of drug-likeness (QED) is 0.398. The first kappa shape index (κ1) is 15.7. The summed E-state index contributed by atoms with van der Waals surface area (Å²) in [6.45, 7) is 8.01. The summed E-state index contributed by atoms with van der Waals surface area (Å²) in [7, 11) is 0. The SMILES string of the molecule is [C-]#[N+]C1=C(c2c[nH]c3ccccc23)Nc2[nH]ncc2C1c1cccc2nonc12. The molecule has 1 atom stereocenters. The molecule has 0 radical (unpaired) electrons. The summed E-state index contributed by atoms with van der Waals surface area (Å²) in [6.07, 6.45) is 3.67. The maximum Gasteiger partial charge on any atom is 0.200 e.